The number of morpholine rings is 1. The molecule has 0 amide bonds. The summed E-state index contributed by atoms with van der Waals surface area (Å²) in [4.78, 5) is 1.58. The highest BCUT2D eigenvalue weighted by Crippen LogP contribution is 2.22. The Balaban J connectivity index is 2.44. The lowest BCUT2D eigenvalue weighted by Gasteiger charge is -2.36. The Morgan fingerprint density at radius 1 is 1.33 bits per heavy atom. The topological polar surface area (TPSA) is 32.7 Å². The molecule has 0 aromatic heterocycles. The fourth-order valence-corrected chi connectivity index (χ4v) is 1.78. The van der Waals surface area contributed by atoms with Gasteiger partial charge in [-0.15, -0.1) is 0 Å². The summed E-state index contributed by atoms with van der Waals surface area (Å²) in [6, 6.07) is 0. The van der Waals surface area contributed by atoms with Crippen molar-refractivity contribution in [2.24, 2.45) is 0 Å². The normalized spacial score (nSPS) is 31.6. The molecule has 0 saturated carbocycles. The van der Waals surface area contributed by atoms with Gasteiger partial charge in [0, 0.05) is 19.6 Å². The largest absolute Gasteiger partial charge is 0.415 e. The minimum Gasteiger partial charge on any atom is -0.382 e. The second kappa shape index (κ2) is 4.67. The Hall–Kier alpha value is -0.330. The van der Waals surface area contributed by atoms with Crippen LogP contribution < -0.4 is 0 Å². The minimum absolute atomic E-state index is 0.0887. The lowest BCUT2D eigenvalue weighted by molar-refractivity contribution is -0.212. The molecule has 0 spiro atoms. The average Bonchev–Trinajstić information content (AvgIpc) is 1.99. The molecule has 0 bridgehead atoms. The standard InChI is InChI=1S/C9H16F3NO2/c1-6-3-13(4-7(2)15-6)5-8(14)9(10,11)12/h6-8,14H,3-5H2,1-2H3/t6-,7+,8-/m0/s1. The van der Waals surface area contributed by atoms with Gasteiger partial charge < -0.3 is 9.84 Å². The Kier molecular flexibility index (Phi) is 3.97. The zero-order valence-corrected chi connectivity index (χ0v) is 8.79. The number of rotatable bonds is 2. The van der Waals surface area contributed by atoms with Crippen molar-refractivity contribution in [3.8, 4) is 0 Å². The van der Waals surface area contributed by atoms with Crippen molar-refractivity contribution in [1.82, 2.24) is 4.90 Å². The second-order valence-electron chi connectivity index (χ2n) is 4.03. The van der Waals surface area contributed by atoms with Gasteiger partial charge in [0.15, 0.2) is 6.10 Å². The van der Waals surface area contributed by atoms with E-state index in [1.165, 1.54) is 0 Å². The highest BCUT2D eigenvalue weighted by Gasteiger charge is 2.40. The van der Waals surface area contributed by atoms with E-state index in [1.54, 1.807) is 4.90 Å². The minimum atomic E-state index is -4.54. The molecule has 1 heterocycles. The molecule has 1 aliphatic rings. The lowest BCUT2D eigenvalue weighted by atomic mass is 10.2. The van der Waals surface area contributed by atoms with Crippen LogP contribution in [0, 0.1) is 0 Å². The summed E-state index contributed by atoms with van der Waals surface area (Å²) >= 11 is 0. The summed E-state index contributed by atoms with van der Waals surface area (Å²) in [5.41, 5.74) is 0. The van der Waals surface area contributed by atoms with E-state index >= 15 is 0 Å². The van der Waals surface area contributed by atoms with Crippen LogP contribution >= 0.6 is 0 Å². The summed E-state index contributed by atoms with van der Waals surface area (Å²) in [6.07, 6.45) is -6.98. The van der Waals surface area contributed by atoms with Crippen LogP contribution in [0.1, 0.15) is 13.8 Å². The molecule has 6 heteroatoms. The van der Waals surface area contributed by atoms with Gasteiger partial charge in [-0.2, -0.15) is 13.2 Å². The predicted molar refractivity (Wildman–Crippen MR) is 48.5 cm³/mol. The second-order valence-corrected chi connectivity index (χ2v) is 4.03. The molecule has 1 N–H and O–H groups in total. The fraction of sp³-hybridized carbons (Fsp3) is 1.00. The first-order chi connectivity index (χ1) is 6.79. The molecule has 0 unspecified atom stereocenters. The number of hydrogen-bond acceptors (Lipinski definition) is 3. The molecule has 0 radical (unpaired) electrons. The molecule has 1 rings (SSSR count). The number of halogens is 3. The maximum atomic E-state index is 12.1. The first-order valence-electron chi connectivity index (χ1n) is 4.91. The number of hydrogen-bond donors (Lipinski definition) is 1. The number of ether oxygens (including phenoxy) is 1. The van der Waals surface area contributed by atoms with Crippen molar-refractivity contribution in [3.63, 3.8) is 0 Å². The Morgan fingerprint density at radius 3 is 2.20 bits per heavy atom. The van der Waals surface area contributed by atoms with E-state index in [2.05, 4.69) is 0 Å². The molecule has 0 aliphatic carbocycles. The van der Waals surface area contributed by atoms with Gasteiger partial charge in [0.05, 0.1) is 12.2 Å². The summed E-state index contributed by atoms with van der Waals surface area (Å²) in [5, 5.41) is 8.90. The molecule has 3 nitrogen and oxygen atoms in total. The Bertz CT molecular complexity index is 200. The van der Waals surface area contributed by atoms with Crippen LogP contribution in [0.2, 0.25) is 0 Å². The fourth-order valence-electron chi connectivity index (χ4n) is 1.78. The predicted octanol–water partition coefficient (Wildman–Crippen LogP) is 1.02. The molecule has 1 fully saturated rings. The summed E-state index contributed by atoms with van der Waals surface area (Å²) < 4.78 is 41.7. The third-order valence-corrected chi connectivity index (χ3v) is 2.30. The van der Waals surface area contributed by atoms with Gasteiger partial charge in [-0.1, -0.05) is 0 Å². The molecule has 15 heavy (non-hydrogen) atoms. The zero-order chi connectivity index (χ0) is 11.6. The van der Waals surface area contributed by atoms with Gasteiger partial charge in [0.2, 0.25) is 0 Å². The highest BCUT2D eigenvalue weighted by molar-refractivity contribution is 4.77. The summed E-state index contributed by atoms with van der Waals surface area (Å²) in [6.45, 7) is 4.10. The van der Waals surface area contributed by atoms with Gasteiger partial charge in [-0.25, -0.2) is 0 Å². The van der Waals surface area contributed by atoms with E-state index < -0.39 is 12.3 Å². The van der Waals surface area contributed by atoms with Crippen molar-refractivity contribution in [2.75, 3.05) is 19.6 Å². The smallest absolute Gasteiger partial charge is 0.382 e. The first kappa shape index (κ1) is 12.7. The van der Waals surface area contributed by atoms with Crippen molar-refractivity contribution in [2.45, 2.75) is 38.3 Å². The zero-order valence-electron chi connectivity index (χ0n) is 8.79. The maximum Gasteiger partial charge on any atom is 0.415 e. The van der Waals surface area contributed by atoms with Gasteiger partial charge in [0.1, 0.15) is 0 Å². The van der Waals surface area contributed by atoms with E-state index in [4.69, 9.17) is 9.84 Å². The van der Waals surface area contributed by atoms with Crippen molar-refractivity contribution in [3.05, 3.63) is 0 Å². The molecular weight excluding hydrogens is 211 g/mol. The van der Waals surface area contributed by atoms with Crippen molar-refractivity contribution >= 4 is 0 Å². The quantitative estimate of drug-likeness (QED) is 0.764. The maximum absolute atomic E-state index is 12.1. The van der Waals surface area contributed by atoms with Crippen LogP contribution in [0.5, 0.6) is 0 Å². The Labute approximate surface area is 86.8 Å². The summed E-state index contributed by atoms with van der Waals surface area (Å²) in [7, 11) is 0. The van der Waals surface area contributed by atoms with E-state index in [0.717, 1.165) is 0 Å². The van der Waals surface area contributed by atoms with Gasteiger partial charge in [0.25, 0.3) is 0 Å². The SMILES string of the molecule is C[C@@H]1CN(C[C@H](O)C(F)(F)F)C[C@H](C)O1. The number of aliphatic hydroxyl groups is 1. The lowest BCUT2D eigenvalue weighted by Crippen LogP contribution is -2.50. The number of alkyl halides is 3. The van der Waals surface area contributed by atoms with E-state index in [9.17, 15) is 13.2 Å². The van der Waals surface area contributed by atoms with Crippen molar-refractivity contribution in [1.29, 1.82) is 0 Å². The average molecular weight is 227 g/mol. The van der Waals surface area contributed by atoms with Crippen LogP contribution in [0.3, 0.4) is 0 Å². The number of β-amino-alcohol motifs (C(OH)–C–C–N with tert-alkyl or cyclic N) is 1. The van der Waals surface area contributed by atoms with E-state index in [0.29, 0.717) is 13.1 Å². The summed E-state index contributed by atoms with van der Waals surface area (Å²) in [5.74, 6) is 0. The molecule has 1 aliphatic heterocycles. The highest BCUT2D eigenvalue weighted by atomic mass is 19.4. The molecular formula is C9H16F3NO2. The molecule has 0 aromatic carbocycles. The molecule has 90 valence electrons. The molecule has 1 saturated heterocycles. The third kappa shape index (κ3) is 3.96. The van der Waals surface area contributed by atoms with Crippen LogP contribution in [-0.4, -0.2) is 54.1 Å². The van der Waals surface area contributed by atoms with Gasteiger partial charge in [-0.3, -0.25) is 4.90 Å². The number of aliphatic hydroxyl groups excluding tert-OH is 1. The van der Waals surface area contributed by atoms with E-state index in [-0.39, 0.29) is 18.8 Å². The monoisotopic (exact) mass is 227 g/mol. The number of nitrogens with zero attached hydrogens (tertiary/aromatic N) is 1. The van der Waals surface area contributed by atoms with Gasteiger partial charge >= 0.3 is 6.18 Å². The van der Waals surface area contributed by atoms with Crippen molar-refractivity contribution < 1.29 is 23.0 Å². The van der Waals surface area contributed by atoms with E-state index in [1.807, 2.05) is 13.8 Å². The van der Waals surface area contributed by atoms with Gasteiger partial charge in [-0.05, 0) is 13.8 Å². The first-order valence-corrected chi connectivity index (χ1v) is 4.91. The molecule has 0 aromatic rings. The third-order valence-electron chi connectivity index (χ3n) is 2.30. The van der Waals surface area contributed by atoms with Crippen LogP contribution in [0.4, 0.5) is 13.2 Å². The Morgan fingerprint density at radius 2 is 1.80 bits per heavy atom. The molecule has 3 atom stereocenters. The van der Waals surface area contributed by atoms with Crippen LogP contribution in [0.25, 0.3) is 0 Å². The van der Waals surface area contributed by atoms with Crippen LogP contribution in [-0.2, 0) is 4.74 Å². The van der Waals surface area contributed by atoms with Crippen LogP contribution in [0.15, 0.2) is 0 Å².